The molecule has 30 heavy (non-hydrogen) atoms. The van der Waals surface area contributed by atoms with E-state index in [1.807, 2.05) is 0 Å². The minimum atomic E-state index is -1.14. The van der Waals surface area contributed by atoms with E-state index in [0.717, 1.165) is 38.5 Å². The fourth-order valence-corrected chi connectivity index (χ4v) is 2.63. The molecule has 6 nitrogen and oxygen atoms in total. The molecule has 2 aromatic rings. The Morgan fingerprint density at radius 2 is 1.73 bits per heavy atom. The number of unbranched alkanes of at least 4 members (excludes halogenated alkanes) is 2. The lowest BCUT2D eigenvalue weighted by Crippen LogP contribution is -2.09. The van der Waals surface area contributed by atoms with Gasteiger partial charge in [-0.05, 0) is 55.7 Å². The molecular formula is C22H24F2O6. The van der Waals surface area contributed by atoms with Gasteiger partial charge in [-0.1, -0.05) is 0 Å². The minimum Gasteiger partial charge on any atom is -0.494 e. The van der Waals surface area contributed by atoms with Crippen LogP contribution in [0.15, 0.2) is 42.5 Å². The summed E-state index contributed by atoms with van der Waals surface area (Å²) in [7, 11) is 0. The molecule has 1 saturated heterocycles. The number of esters is 1. The highest BCUT2D eigenvalue weighted by molar-refractivity contribution is 5.91. The van der Waals surface area contributed by atoms with Gasteiger partial charge < -0.3 is 23.7 Å². The highest BCUT2D eigenvalue weighted by Crippen LogP contribution is 2.24. The molecule has 162 valence electrons. The topological polar surface area (TPSA) is 66.5 Å². The highest BCUT2D eigenvalue weighted by Gasteiger charge is 2.21. The molecule has 1 atom stereocenters. The van der Waals surface area contributed by atoms with E-state index in [-0.39, 0.29) is 11.5 Å². The van der Waals surface area contributed by atoms with Gasteiger partial charge in [-0.3, -0.25) is 0 Å². The zero-order valence-electron chi connectivity index (χ0n) is 16.5. The monoisotopic (exact) mass is 422 g/mol. The summed E-state index contributed by atoms with van der Waals surface area (Å²) in [6.45, 7) is 1.65. The molecule has 0 bridgehead atoms. The van der Waals surface area contributed by atoms with E-state index in [9.17, 15) is 13.6 Å². The Morgan fingerprint density at radius 1 is 1.00 bits per heavy atom. The van der Waals surface area contributed by atoms with Gasteiger partial charge in [0.25, 0.3) is 0 Å². The molecule has 3 rings (SSSR count). The Balaban J connectivity index is 1.35. The molecule has 8 heteroatoms. The van der Waals surface area contributed by atoms with Gasteiger partial charge in [0.05, 0.1) is 25.4 Å². The molecule has 1 unspecified atom stereocenters. The molecule has 1 aliphatic rings. The number of hydrogen-bond acceptors (Lipinski definition) is 6. The summed E-state index contributed by atoms with van der Waals surface area (Å²) in [5, 5.41) is 0. The first-order valence-electron chi connectivity index (χ1n) is 9.78. The van der Waals surface area contributed by atoms with Gasteiger partial charge in [-0.2, -0.15) is 0 Å². The van der Waals surface area contributed by atoms with Crippen molar-refractivity contribution in [2.75, 3.05) is 33.3 Å². The fraction of sp³-hybridized carbons (Fsp3) is 0.409. The van der Waals surface area contributed by atoms with Crippen LogP contribution in [0.25, 0.3) is 0 Å². The van der Waals surface area contributed by atoms with Crippen LogP contribution in [0.5, 0.6) is 17.2 Å². The smallest absolute Gasteiger partial charge is 0.343 e. The van der Waals surface area contributed by atoms with E-state index >= 15 is 0 Å². The zero-order chi connectivity index (χ0) is 21.2. The van der Waals surface area contributed by atoms with Crippen molar-refractivity contribution >= 4 is 5.97 Å². The number of benzene rings is 2. The van der Waals surface area contributed by atoms with Gasteiger partial charge >= 0.3 is 5.97 Å². The Morgan fingerprint density at radius 3 is 2.43 bits per heavy atom. The Kier molecular flexibility index (Phi) is 8.41. The average molecular weight is 422 g/mol. The summed E-state index contributed by atoms with van der Waals surface area (Å²) < 4.78 is 51.6. The first-order chi connectivity index (χ1) is 14.7. The van der Waals surface area contributed by atoms with Crippen molar-refractivity contribution in [3.05, 3.63) is 53.8 Å². The van der Waals surface area contributed by atoms with Crippen molar-refractivity contribution < 1.29 is 37.3 Å². The van der Waals surface area contributed by atoms with Crippen LogP contribution in [0.1, 0.15) is 29.6 Å². The van der Waals surface area contributed by atoms with Crippen molar-refractivity contribution in [1.82, 2.24) is 0 Å². The Labute approximate surface area is 173 Å². The van der Waals surface area contributed by atoms with Crippen LogP contribution in [0.3, 0.4) is 0 Å². The Hall–Kier alpha value is -2.71. The van der Waals surface area contributed by atoms with Crippen molar-refractivity contribution in [2.45, 2.75) is 25.4 Å². The number of halogens is 2. The zero-order valence-corrected chi connectivity index (χ0v) is 16.5. The standard InChI is InChI=1S/C22H24F2O6/c23-15-29-21-9-8-18(12-20(21)24)30-22(25)16-4-6-17(7-5-16)27-11-3-1-2-10-26-13-19-14-28-19/h4-9,12,19H,1-3,10-11,13-15H2. The second-order valence-corrected chi connectivity index (χ2v) is 6.70. The lowest BCUT2D eigenvalue weighted by Gasteiger charge is -2.09. The van der Waals surface area contributed by atoms with E-state index in [0.29, 0.717) is 30.6 Å². The third kappa shape index (κ3) is 7.27. The molecule has 0 aromatic heterocycles. The van der Waals surface area contributed by atoms with E-state index in [1.54, 1.807) is 24.3 Å². The number of carbonyl (C=O) groups excluding carboxylic acids is 1. The molecule has 0 saturated carbocycles. The van der Waals surface area contributed by atoms with Gasteiger partial charge in [0.15, 0.2) is 11.6 Å². The van der Waals surface area contributed by atoms with E-state index in [4.69, 9.17) is 18.9 Å². The van der Waals surface area contributed by atoms with Crippen LogP contribution in [-0.2, 0) is 9.47 Å². The van der Waals surface area contributed by atoms with Crippen molar-refractivity contribution in [3.8, 4) is 17.2 Å². The van der Waals surface area contributed by atoms with Crippen LogP contribution in [0.2, 0.25) is 0 Å². The van der Waals surface area contributed by atoms with Crippen molar-refractivity contribution in [1.29, 1.82) is 0 Å². The number of carbonyl (C=O) groups is 1. The maximum atomic E-state index is 13.7. The van der Waals surface area contributed by atoms with Gasteiger partial charge in [0.1, 0.15) is 17.6 Å². The molecule has 1 fully saturated rings. The first-order valence-corrected chi connectivity index (χ1v) is 9.78. The quantitative estimate of drug-likeness (QED) is 0.207. The van der Waals surface area contributed by atoms with Crippen LogP contribution in [0, 0.1) is 5.82 Å². The number of epoxide rings is 1. The average Bonchev–Trinajstić information content (AvgIpc) is 3.57. The van der Waals surface area contributed by atoms with Crippen molar-refractivity contribution in [3.63, 3.8) is 0 Å². The number of rotatable bonds is 13. The lowest BCUT2D eigenvalue weighted by atomic mass is 10.2. The predicted molar refractivity (Wildman–Crippen MR) is 104 cm³/mol. The van der Waals surface area contributed by atoms with Crippen LogP contribution >= 0.6 is 0 Å². The highest BCUT2D eigenvalue weighted by atomic mass is 19.1. The summed E-state index contributed by atoms with van der Waals surface area (Å²) >= 11 is 0. The molecule has 2 aromatic carbocycles. The fourth-order valence-electron chi connectivity index (χ4n) is 2.63. The molecule has 0 radical (unpaired) electrons. The van der Waals surface area contributed by atoms with Crippen molar-refractivity contribution in [2.24, 2.45) is 0 Å². The first kappa shape index (κ1) is 22.0. The minimum absolute atomic E-state index is 0.00216. The lowest BCUT2D eigenvalue weighted by molar-refractivity contribution is 0.0733. The van der Waals surface area contributed by atoms with Crippen LogP contribution < -0.4 is 14.2 Å². The Bertz CT molecular complexity index is 808. The predicted octanol–water partition coefficient (Wildman–Crippen LogP) is 4.32. The summed E-state index contributed by atoms with van der Waals surface area (Å²) in [5.74, 6) is -1.06. The normalized spacial score (nSPS) is 14.9. The molecule has 0 N–H and O–H groups in total. The van der Waals surface area contributed by atoms with Gasteiger partial charge in [-0.25, -0.2) is 13.6 Å². The number of hydrogen-bond donors (Lipinski definition) is 0. The molecule has 0 amide bonds. The number of alkyl halides is 1. The van der Waals surface area contributed by atoms with Gasteiger partial charge in [-0.15, -0.1) is 0 Å². The van der Waals surface area contributed by atoms with Gasteiger partial charge in [0, 0.05) is 12.7 Å². The SMILES string of the molecule is O=C(Oc1ccc(OCF)c(F)c1)c1ccc(OCCCCCOCC2CO2)cc1. The largest absolute Gasteiger partial charge is 0.494 e. The summed E-state index contributed by atoms with van der Waals surface area (Å²) in [5.41, 5.74) is 0.295. The molecule has 0 aliphatic carbocycles. The third-order valence-electron chi connectivity index (χ3n) is 4.32. The second-order valence-electron chi connectivity index (χ2n) is 6.70. The van der Waals surface area contributed by atoms with E-state index < -0.39 is 18.6 Å². The maximum Gasteiger partial charge on any atom is 0.343 e. The molecule has 1 aliphatic heterocycles. The molecule has 0 spiro atoms. The van der Waals surface area contributed by atoms with E-state index in [1.165, 1.54) is 12.1 Å². The van der Waals surface area contributed by atoms with Crippen LogP contribution in [0.4, 0.5) is 8.78 Å². The second kappa shape index (κ2) is 11.5. The number of ether oxygens (including phenoxy) is 5. The van der Waals surface area contributed by atoms with Gasteiger partial charge in [0.2, 0.25) is 6.86 Å². The third-order valence-corrected chi connectivity index (χ3v) is 4.32. The summed E-state index contributed by atoms with van der Waals surface area (Å²) in [6.07, 6.45) is 3.18. The van der Waals surface area contributed by atoms with E-state index in [2.05, 4.69) is 4.74 Å². The maximum absolute atomic E-state index is 13.7. The summed E-state index contributed by atoms with van der Waals surface area (Å²) in [4.78, 5) is 12.2. The van der Waals surface area contributed by atoms with Crippen LogP contribution in [-0.4, -0.2) is 45.4 Å². The molecule has 1 heterocycles. The summed E-state index contributed by atoms with van der Waals surface area (Å²) in [6, 6.07) is 9.98. The molecular weight excluding hydrogens is 398 g/mol.